The van der Waals surface area contributed by atoms with Gasteiger partial charge in [-0.25, -0.2) is 0 Å². The number of hydrogen-bond acceptors (Lipinski definition) is 3. The number of piperidine rings is 1. The van der Waals surface area contributed by atoms with Crippen molar-refractivity contribution in [1.29, 1.82) is 0 Å². The topological polar surface area (TPSA) is 44.4 Å². The van der Waals surface area contributed by atoms with Crippen LogP contribution < -0.4 is 10.6 Å². The molecule has 1 atom stereocenters. The number of amides is 1. The number of nitrogens with zero attached hydrogens (tertiary/aromatic N) is 1. The largest absolute Gasteiger partial charge is 0.354 e. The van der Waals surface area contributed by atoms with Crippen molar-refractivity contribution in [3.05, 3.63) is 0 Å². The van der Waals surface area contributed by atoms with Gasteiger partial charge in [0.05, 0.1) is 5.54 Å². The molecular weight excluding hydrogens is 238 g/mol. The van der Waals surface area contributed by atoms with Gasteiger partial charge in [0.25, 0.3) is 0 Å². The second-order valence-electron chi connectivity index (χ2n) is 5.98. The summed E-state index contributed by atoms with van der Waals surface area (Å²) in [5.74, 6) is 0.214. The molecule has 0 spiro atoms. The van der Waals surface area contributed by atoms with Crippen molar-refractivity contribution in [3.63, 3.8) is 0 Å². The minimum Gasteiger partial charge on any atom is -0.354 e. The van der Waals surface area contributed by atoms with E-state index in [2.05, 4.69) is 22.5 Å². The number of rotatable bonds is 6. The highest BCUT2D eigenvalue weighted by Gasteiger charge is 2.38. The first kappa shape index (κ1) is 14.8. The molecule has 0 saturated carbocycles. The van der Waals surface area contributed by atoms with E-state index in [-0.39, 0.29) is 11.4 Å². The molecule has 2 heterocycles. The van der Waals surface area contributed by atoms with Gasteiger partial charge >= 0.3 is 0 Å². The average Bonchev–Trinajstić information content (AvgIpc) is 2.94. The third-order valence-electron chi connectivity index (χ3n) is 4.67. The molecule has 0 aromatic heterocycles. The molecule has 1 amide bonds. The van der Waals surface area contributed by atoms with Crippen LogP contribution in [0.15, 0.2) is 0 Å². The van der Waals surface area contributed by atoms with E-state index >= 15 is 0 Å². The Morgan fingerprint density at radius 3 is 2.68 bits per heavy atom. The van der Waals surface area contributed by atoms with E-state index in [0.717, 1.165) is 45.3 Å². The van der Waals surface area contributed by atoms with Crippen molar-refractivity contribution in [2.24, 2.45) is 0 Å². The first-order valence-electron chi connectivity index (χ1n) is 8.02. The summed E-state index contributed by atoms with van der Waals surface area (Å²) < 4.78 is 0. The Labute approximate surface area is 117 Å². The molecule has 4 heteroatoms. The highest BCUT2D eigenvalue weighted by atomic mass is 16.2. The maximum Gasteiger partial charge on any atom is 0.240 e. The molecule has 0 aromatic carbocycles. The highest BCUT2D eigenvalue weighted by Crippen LogP contribution is 2.22. The van der Waals surface area contributed by atoms with E-state index in [1.54, 1.807) is 0 Å². The van der Waals surface area contributed by atoms with Crippen molar-refractivity contribution >= 4 is 5.91 Å². The van der Waals surface area contributed by atoms with Crippen molar-refractivity contribution in [1.82, 2.24) is 15.5 Å². The predicted octanol–water partition coefficient (Wildman–Crippen LogP) is 1.51. The van der Waals surface area contributed by atoms with Gasteiger partial charge in [0.15, 0.2) is 0 Å². The smallest absolute Gasteiger partial charge is 0.240 e. The lowest BCUT2D eigenvalue weighted by Gasteiger charge is -2.28. The van der Waals surface area contributed by atoms with Crippen molar-refractivity contribution in [3.8, 4) is 0 Å². The molecule has 19 heavy (non-hydrogen) atoms. The zero-order chi connectivity index (χ0) is 13.6. The Hall–Kier alpha value is -0.610. The summed E-state index contributed by atoms with van der Waals surface area (Å²) in [6, 6.07) is 0. The Balaban J connectivity index is 1.63. The number of hydrogen-bond donors (Lipinski definition) is 2. The summed E-state index contributed by atoms with van der Waals surface area (Å²) in [6.07, 6.45) is 8.15. The fourth-order valence-electron chi connectivity index (χ4n) is 3.32. The van der Waals surface area contributed by atoms with E-state index in [1.807, 2.05) is 0 Å². The van der Waals surface area contributed by atoms with E-state index in [9.17, 15) is 4.79 Å². The van der Waals surface area contributed by atoms with Crippen LogP contribution in [0.25, 0.3) is 0 Å². The fraction of sp³-hybridized carbons (Fsp3) is 0.933. The van der Waals surface area contributed by atoms with Crippen LogP contribution in [0.2, 0.25) is 0 Å². The zero-order valence-electron chi connectivity index (χ0n) is 12.3. The Kier molecular flexibility index (Phi) is 5.64. The van der Waals surface area contributed by atoms with Gasteiger partial charge in [-0.05, 0) is 64.7 Å². The highest BCUT2D eigenvalue weighted by molar-refractivity contribution is 5.86. The van der Waals surface area contributed by atoms with E-state index in [0.29, 0.717) is 0 Å². The molecule has 2 N–H and O–H groups in total. The number of nitrogens with one attached hydrogen (secondary N) is 2. The fourth-order valence-corrected chi connectivity index (χ4v) is 3.32. The lowest BCUT2D eigenvalue weighted by Crippen LogP contribution is -2.53. The standard InChI is InChI=1S/C15H29N3O/c1-2-15(8-6-10-17-15)14(19)16-9-7-13-18-11-4-3-5-12-18/h17H,2-13H2,1H3,(H,16,19). The van der Waals surface area contributed by atoms with Crippen LogP contribution in [0.5, 0.6) is 0 Å². The van der Waals surface area contributed by atoms with Crippen LogP contribution in [0, 0.1) is 0 Å². The number of carbonyl (C=O) groups is 1. The second-order valence-corrected chi connectivity index (χ2v) is 5.98. The van der Waals surface area contributed by atoms with Gasteiger partial charge < -0.3 is 15.5 Å². The summed E-state index contributed by atoms with van der Waals surface area (Å²) >= 11 is 0. The minimum absolute atomic E-state index is 0.214. The Morgan fingerprint density at radius 2 is 2.05 bits per heavy atom. The summed E-state index contributed by atoms with van der Waals surface area (Å²) in [5, 5.41) is 6.52. The van der Waals surface area contributed by atoms with Crippen LogP contribution in [-0.2, 0) is 4.79 Å². The maximum absolute atomic E-state index is 12.3. The van der Waals surface area contributed by atoms with Crippen LogP contribution in [0.4, 0.5) is 0 Å². The third-order valence-corrected chi connectivity index (χ3v) is 4.67. The molecule has 2 aliphatic heterocycles. The van der Waals surface area contributed by atoms with Gasteiger partial charge in [0, 0.05) is 6.54 Å². The molecule has 2 fully saturated rings. The minimum atomic E-state index is -0.273. The van der Waals surface area contributed by atoms with Crippen LogP contribution in [0.3, 0.4) is 0 Å². The summed E-state index contributed by atoms with van der Waals surface area (Å²) in [4.78, 5) is 14.8. The van der Waals surface area contributed by atoms with E-state index < -0.39 is 0 Å². The van der Waals surface area contributed by atoms with Gasteiger partial charge in [-0.2, -0.15) is 0 Å². The average molecular weight is 267 g/mol. The van der Waals surface area contributed by atoms with Crippen LogP contribution >= 0.6 is 0 Å². The molecule has 1 unspecified atom stereocenters. The SMILES string of the molecule is CCC1(C(=O)NCCCN2CCCCC2)CCCN1. The first-order chi connectivity index (χ1) is 9.27. The van der Waals surface area contributed by atoms with E-state index in [4.69, 9.17) is 0 Å². The zero-order valence-corrected chi connectivity index (χ0v) is 12.3. The summed E-state index contributed by atoms with van der Waals surface area (Å²) in [6.45, 7) is 7.52. The number of likely N-dealkylation sites (tertiary alicyclic amines) is 1. The molecule has 110 valence electrons. The molecule has 0 radical (unpaired) electrons. The van der Waals surface area contributed by atoms with Crippen molar-refractivity contribution in [2.45, 2.75) is 57.4 Å². The van der Waals surface area contributed by atoms with Gasteiger partial charge in [-0.3, -0.25) is 4.79 Å². The van der Waals surface area contributed by atoms with Gasteiger partial charge in [0.2, 0.25) is 5.91 Å². The molecule has 2 saturated heterocycles. The second kappa shape index (κ2) is 7.25. The van der Waals surface area contributed by atoms with Crippen LogP contribution in [0.1, 0.15) is 51.9 Å². The third kappa shape index (κ3) is 3.93. The monoisotopic (exact) mass is 267 g/mol. The van der Waals surface area contributed by atoms with Gasteiger partial charge in [-0.15, -0.1) is 0 Å². The van der Waals surface area contributed by atoms with Gasteiger partial charge in [-0.1, -0.05) is 13.3 Å². The predicted molar refractivity (Wildman–Crippen MR) is 78.2 cm³/mol. The number of carbonyl (C=O) groups excluding carboxylic acids is 1. The molecule has 0 bridgehead atoms. The lowest BCUT2D eigenvalue weighted by atomic mass is 9.93. The summed E-state index contributed by atoms with van der Waals surface area (Å²) in [7, 11) is 0. The van der Waals surface area contributed by atoms with Gasteiger partial charge in [0.1, 0.15) is 0 Å². The normalized spacial score (nSPS) is 28.5. The van der Waals surface area contributed by atoms with Crippen molar-refractivity contribution < 1.29 is 4.79 Å². The molecular formula is C15H29N3O. The molecule has 4 nitrogen and oxygen atoms in total. The quantitative estimate of drug-likeness (QED) is 0.717. The molecule has 2 aliphatic rings. The first-order valence-corrected chi connectivity index (χ1v) is 8.02. The summed E-state index contributed by atoms with van der Waals surface area (Å²) in [5.41, 5.74) is -0.273. The van der Waals surface area contributed by atoms with E-state index in [1.165, 1.54) is 32.4 Å². The Bertz CT molecular complexity index is 281. The molecule has 0 aliphatic carbocycles. The maximum atomic E-state index is 12.3. The van der Waals surface area contributed by atoms with Crippen molar-refractivity contribution in [2.75, 3.05) is 32.7 Å². The molecule has 2 rings (SSSR count). The molecule has 0 aromatic rings. The Morgan fingerprint density at radius 1 is 1.26 bits per heavy atom. The van der Waals surface area contributed by atoms with Crippen LogP contribution in [-0.4, -0.2) is 49.1 Å². The lowest BCUT2D eigenvalue weighted by molar-refractivity contribution is -0.127.